The molecule has 0 aliphatic carbocycles. The molecule has 1 aromatic carbocycles. The molecule has 0 saturated carbocycles. The second-order valence-electron chi connectivity index (χ2n) is 3.61. The first-order valence-electron chi connectivity index (χ1n) is 5.67. The van der Waals surface area contributed by atoms with E-state index in [4.69, 9.17) is 5.73 Å². The highest BCUT2D eigenvalue weighted by Crippen LogP contribution is 2.06. The molecule has 2 aromatic rings. The Morgan fingerprint density at radius 3 is 2.79 bits per heavy atom. The van der Waals surface area contributed by atoms with Crippen molar-refractivity contribution in [2.24, 2.45) is 5.73 Å². The summed E-state index contributed by atoms with van der Waals surface area (Å²) in [5.74, 6) is 5.61. The Hall–Kier alpha value is -2.71. The van der Waals surface area contributed by atoms with E-state index in [1.165, 1.54) is 0 Å². The zero-order valence-corrected chi connectivity index (χ0v) is 10.1. The van der Waals surface area contributed by atoms with Crippen LogP contribution in [0.2, 0.25) is 0 Å². The molecule has 0 aliphatic rings. The number of amides is 1. The van der Waals surface area contributed by atoms with Gasteiger partial charge in [-0.15, -0.1) is 0 Å². The zero-order chi connectivity index (χ0) is 13.5. The van der Waals surface area contributed by atoms with E-state index in [0.717, 1.165) is 5.56 Å². The summed E-state index contributed by atoms with van der Waals surface area (Å²) in [6, 6.07) is 8.66. The molecule has 5 nitrogen and oxygen atoms in total. The Morgan fingerprint density at radius 1 is 1.26 bits per heavy atom. The van der Waals surface area contributed by atoms with Gasteiger partial charge in [-0.1, -0.05) is 17.9 Å². The van der Waals surface area contributed by atoms with Crippen LogP contribution in [0.5, 0.6) is 0 Å². The van der Waals surface area contributed by atoms with Crippen molar-refractivity contribution in [3.8, 4) is 11.8 Å². The average molecular weight is 252 g/mol. The van der Waals surface area contributed by atoms with E-state index in [1.54, 1.807) is 36.7 Å². The molecule has 0 aliphatic heterocycles. The molecule has 5 heteroatoms. The normalized spacial score (nSPS) is 9.32. The van der Waals surface area contributed by atoms with Crippen LogP contribution >= 0.6 is 0 Å². The molecule has 94 valence electrons. The highest BCUT2D eigenvalue weighted by atomic mass is 16.1. The number of benzene rings is 1. The minimum absolute atomic E-state index is 0.269. The zero-order valence-electron chi connectivity index (χ0n) is 10.1. The van der Waals surface area contributed by atoms with Gasteiger partial charge in [0.2, 0.25) is 5.95 Å². The van der Waals surface area contributed by atoms with Crippen molar-refractivity contribution in [1.29, 1.82) is 0 Å². The number of aromatic nitrogens is 2. The molecule has 0 fully saturated rings. The van der Waals surface area contributed by atoms with Gasteiger partial charge in [-0.05, 0) is 24.3 Å². The van der Waals surface area contributed by atoms with Gasteiger partial charge >= 0.3 is 0 Å². The van der Waals surface area contributed by atoms with Crippen LogP contribution in [0.4, 0.5) is 5.95 Å². The standard InChI is InChI=1S/C14H12N4O/c15-7-2-5-11-4-1-6-12(10-11)13(19)18-14-16-8-3-9-17-14/h1,3-4,6,8-10H,7,15H2,(H,16,17,18,19). The van der Waals surface area contributed by atoms with Crippen molar-refractivity contribution in [2.75, 3.05) is 11.9 Å². The fraction of sp³-hybridized carbons (Fsp3) is 0.0714. The highest BCUT2D eigenvalue weighted by molar-refractivity contribution is 6.03. The van der Waals surface area contributed by atoms with Gasteiger partial charge in [0.25, 0.3) is 5.91 Å². The van der Waals surface area contributed by atoms with Crippen molar-refractivity contribution in [2.45, 2.75) is 0 Å². The van der Waals surface area contributed by atoms with E-state index in [0.29, 0.717) is 5.56 Å². The number of nitrogens with zero attached hydrogens (tertiary/aromatic N) is 2. The van der Waals surface area contributed by atoms with Crippen LogP contribution in [0.15, 0.2) is 42.7 Å². The molecule has 1 heterocycles. The van der Waals surface area contributed by atoms with Gasteiger partial charge in [-0.3, -0.25) is 10.1 Å². The lowest BCUT2D eigenvalue weighted by atomic mass is 10.1. The van der Waals surface area contributed by atoms with Crippen LogP contribution in [0.3, 0.4) is 0 Å². The Morgan fingerprint density at radius 2 is 2.05 bits per heavy atom. The van der Waals surface area contributed by atoms with Crippen LogP contribution in [0.1, 0.15) is 15.9 Å². The molecule has 2 rings (SSSR count). The molecule has 0 atom stereocenters. The van der Waals surface area contributed by atoms with Crippen LogP contribution in [-0.4, -0.2) is 22.4 Å². The van der Waals surface area contributed by atoms with Crippen LogP contribution < -0.4 is 11.1 Å². The van der Waals surface area contributed by atoms with Crippen LogP contribution in [0.25, 0.3) is 0 Å². The summed E-state index contributed by atoms with van der Waals surface area (Å²) in [5.41, 5.74) is 6.55. The summed E-state index contributed by atoms with van der Waals surface area (Å²) in [6.45, 7) is 0.286. The molecule has 19 heavy (non-hydrogen) atoms. The predicted molar refractivity (Wildman–Crippen MR) is 72.4 cm³/mol. The first-order valence-corrected chi connectivity index (χ1v) is 5.67. The Balaban J connectivity index is 2.15. The van der Waals surface area contributed by atoms with Gasteiger partial charge in [-0.25, -0.2) is 9.97 Å². The van der Waals surface area contributed by atoms with Gasteiger partial charge in [0.05, 0.1) is 6.54 Å². The number of anilines is 1. The summed E-state index contributed by atoms with van der Waals surface area (Å²) >= 11 is 0. The number of hydrogen-bond acceptors (Lipinski definition) is 4. The van der Waals surface area contributed by atoms with E-state index in [2.05, 4.69) is 27.1 Å². The minimum Gasteiger partial charge on any atom is -0.320 e. The highest BCUT2D eigenvalue weighted by Gasteiger charge is 2.07. The van der Waals surface area contributed by atoms with E-state index in [9.17, 15) is 4.79 Å². The summed E-state index contributed by atoms with van der Waals surface area (Å²) < 4.78 is 0. The van der Waals surface area contributed by atoms with E-state index < -0.39 is 0 Å². The van der Waals surface area contributed by atoms with Crippen LogP contribution in [-0.2, 0) is 0 Å². The third-order valence-electron chi connectivity index (χ3n) is 2.25. The predicted octanol–water partition coefficient (Wildman–Crippen LogP) is 1.04. The number of hydrogen-bond donors (Lipinski definition) is 2. The summed E-state index contributed by atoms with van der Waals surface area (Å²) in [6.07, 6.45) is 3.12. The van der Waals surface area contributed by atoms with Gasteiger partial charge in [-0.2, -0.15) is 0 Å². The average Bonchev–Trinajstić information content (AvgIpc) is 2.46. The molecule has 1 aromatic heterocycles. The number of rotatable bonds is 2. The molecular formula is C14H12N4O. The third-order valence-corrected chi connectivity index (χ3v) is 2.25. The number of nitrogens with two attached hydrogens (primary N) is 1. The number of carbonyl (C=O) groups is 1. The second kappa shape index (κ2) is 6.28. The topological polar surface area (TPSA) is 80.9 Å². The maximum absolute atomic E-state index is 12.0. The molecule has 0 unspecified atom stereocenters. The lowest BCUT2D eigenvalue weighted by Crippen LogP contribution is -2.13. The Labute approximate surface area is 110 Å². The largest absolute Gasteiger partial charge is 0.320 e. The Bertz CT molecular complexity index is 629. The smallest absolute Gasteiger partial charge is 0.258 e. The molecule has 0 radical (unpaired) electrons. The second-order valence-corrected chi connectivity index (χ2v) is 3.61. The maximum Gasteiger partial charge on any atom is 0.258 e. The van der Waals surface area contributed by atoms with Crippen molar-refractivity contribution >= 4 is 11.9 Å². The van der Waals surface area contributed by atoms with Gasteiger partial charge < -0.3 is 5.73 Å². The molecular weight excluding hydrogens is 240 g/mol. The molecule has 0 spiro atoms. The number of nitrogens with one attached hydrogen (secondary N) is 1. The van der Waals surface area contributed by atoms with Gasteiger partial charge in [0.15, 0.2) is 0 Å². The molecule has 0 saturated heterocycles. The van der Waals surface area contributed by atoms with Crippen molar-refractivity contribution in [3.63, 3.8) is 0 Å². The fourth-order valence-electron chi connectivity index (χ4n) is 1.43. The van der Waals surface area contributed by atoms with E-state index in [1.807, 2.05) is 6.07 Å². The lowest BCUT2D eigenvalue weighted by molar-refractivity contribution is 0.102. The Kier molecular flexibility index (Phi) is 4.21. The summed E-state index contributed by atoms with van der Waals surface area (Å²) in [4.78, 5) is 19.8. The van der Waals surface area contributed by atoms with Crippen molar-refractivity contribution in [3.05, 3.63) is 53.9 Å². The summed E-state index contributed by atoms with van der Waals surface area (Å²) in [7, 11) is 0. The fourth-order valence-corrected chi connectivity index (χ4v) is 1.43. The van der Waals surface area contributed by atoms with Gasteiger partial charge in [0, 0.05) is 23.5 Å². The molecule has 0 bridgehead atoms. The maximum atomic E-state index is 12.0. The monoisotopic (exact) mass is 252 g/mol. The van der Waals surface area contributed by atoms with Crippen molar-refractivity contribution < 1.29 is 4.79 Å². The quantitative estimate of drug-likeness (QED) is 0.782. The SMILES string of the molecule is NCC#Cc1cccc(C(=O)Nc2ncccn2)c1. The number of carbonyl (C=O) groups excluding carboxylic acids is 1. The van der Waals surface area contributed by atoms with Gasteiger partial charge in [0.1, 0.15) is 0 Å². The minimum atomic E-state index is -0.275. The van der Waals surface area contributed by atoms with Crippen molar-refractivity contribution in [1.82, 2.24) is 9.97 Å². The molecule has 3 N–H and O–H groups in total. The first-order chi connectivity index (χ1) is 9.29. The summed E-state index contributed by atoms with van der Waals surface area (Å²) in [5, 5.41) is 2.61. The van der Waals surface area contributed by atoms with Crippen LogP contribution in [0, 0.1) is 11.8 Å². The first kappa shape index (κ1) is 12.7. The van der Waals surface area contributed by atoms with E-state index in [-0.39, 0.29) is 18.4 Å². The third kappa shape index (κ3) is 3.63. The van der Waals surface area contributed by atoms with E-state index >= 15 is 0 Å². The molecule has 1 amide bonds. The lowest BCUT2D eigenvalue weighted by Gasteiger charge is -2.03.